The Hall–Kier alpha value is -1.76. The number of aliphatic imine (C=N–C) groups is 1. The molecule has 1 aliphatic rings. The zero-order valence-corrected chi connectivity index (χ0v) is 18.8. The molecule has 0 aromatic heterocycles. The molecule has 146 valence electrons. The van der Waals surface area contributed by atoms with E-state index < -0.39 is 0 Å². The monoisotopic (exact) mass is 478 g/mol. The third-order valence-electron chi connectivity index (χ3n) is 4.09. The molecular weight excluding hydrogens is 460 g/mol. The molecule has 1 heterocycles. The van der Waals surface area contributed by atoms with E-state index in [1.807, 2.05) is 62.4 Å². The standard InChI is InChI=1S/C21H20BrClN2O2S/c1-3-24-21-25(4-2)20(26)19(28-21)12-14-9-10-18(16(22)11-14)27-13-15-7-5-6-8-17(15)23/h5-12H,3-4,13H2,1-2H3/b19-12+,24-21?. The normalized spacial score (nSPS) is 17.0. The zero-order valence-electron chi connectivity index (χ0n) is 15.6. The minimum absolute atomic E-state index is 0.00475. The van der Waals surface area contributed by atoms with Crippen LogP contribution in [0.15, 0.2) is 56.8 Å². The summed E-state index contributed by atoms with van der Waals surface area (Å²) in [6.45, 7) is 5.57. The summed E-state index contributed by atoms with van der Waals surface area (Å²) in [6.07, 6.45) is 1.89. The van der Waals surface area contributed by atoms with Crippen LogP contribution in [0.4, 0.5) is 0 Å². The van der Waals surface area contributed by atoms with Gasteiger partial charge in [0.2, 0.25) is 0 Å². The van der Waals surface area contributed by atoms with Crippen molar-refractivity contribution in [3.05, 3.63) is 68.0 Å². The van der Waals surface area contributed by atoms with Gasteiger partial charge in [-0.2, -0.15) is 0 Å². The van der Waals surface area contributed by atoms with Crippen LogP contribution in [0.25, 0.3) is 6.08 Å². The number of amides is 1. The fraction of sp³-hybridized carbons (Fsp3) is 0.238. The van der Waals surface area contributed by atoms with Gasteiger partial charge in [-0.15, -0.1) is 0 Å². The van der Waals surface area contributed by atoms with E-state index in [1.54, 1.807) is 4.90 Å². The number of thioether (sulfide) groups is 1. The van der Waals surface area contributed by atoms with Crippen molar-refractivity contribution in [1.82, 2.24) is 4.90 Å². The predicted octanol–water partition coefficient (Wildman–Crippen LogP) is 5.99. The van der Waals surface area contributed by atoms with Gasteiger partial charge in [-0.25, -0.2) is 0 Å². The third kappa shape index (κ3) is 4.80. The largest absolute Gasteiger partial charge is 0.488 e. The lowest BCUT2D eigenvalue weighted by Crippen LogP contribution is -2.28. The maximum Gasteiger partial charge on any atom is 0.266 e. The van der Waals surface area contributed by atoms with Gasteiger partial charge in [0, 0.05) is 23.7 Å². The van der Waals surface area contributed by atoms with Gasteiger partial charge in [0.25, 0.3) is 5.91 Å². The predicted molar refractivity (Wildman–Crippen MR) is 121 cm³/mol. The Morgan fingerprint density at radius 1 is 1.25 bits per heavy atom. The molecule has 1 amide bonds. The summed E-state index contributed by atoms with van der Waals surface area (Å²) in [5.74, 6) is 0.714. The van der Waals surface area contributed by atoms with Crippen molar-refractivity contribution in [1.29, 1.82) is 0 Å². The zero-order chi connectivity index (χ0) is 20.1. The number of halogens is 2. The van der Waals surface area contributed by atoms with Crippen molar-refractivity contribution < 1.29 is 9.53 Å². The van der Waals surface area contributed by atoms with Crippen LogP contribution < -0.4 is 4.74 Å². The topological polar surface area (TPSA) is 41.9 Å². The molecule has 28 heavy (non-hydrogen) atoms. The lowest BCUT2D eigenvalue weighted by atomic mass is 10.2. The molecule has 0 atom stereocenters. The third-order valence-corrected chi connectivity index (χ3v) is 6.13. The van der Waals surface area contributed by atoms with Gasteiger partial charge in [-0.05, 0) is 71.4 Å². The number of nitrogens with zero attached hydrogens (tertiary/aromatic N) is 2. The van der Waals surface area contributed by atoms with Gasteiger partial charge < -0.3 is 4.74 Å². The summed E-state index contributed by atoms with van der Waals surface area (Å²) in [4.78, 5) is 19.4. The van der Waals surface area contributed by atoms with Crippen molar-refractivity contribution in [3.8, 4) is 5.75 Å². The van der Waals surface area contributed by atoms with E-state index in [9.17, 15) is 4.79 Å². The van der Waals surface area contributed by atoms with Crippen molar-refractivity contribution >= 4 is 56.4 Å². The molecule has 0 saturated carbocycles. The van der Waals surface area contributed by atoms with Crippen LogP contribution in [0.2, 0.25) is 5.02 Å². The second-order valence-electron chi connectivity index (χ2n) is 5.99. The first-order chi connectivity index (χ1) is 13.5. The highest BCUT2D eigenvalue weighted by Crippen LogP contribution is 2.34. The first-order valence-electron chi connectivity index (χ1n) is 8.95. The Bertz CT molecular complexity index is 946. The molecule has 2 aromatic carbocycles. The molecule has 2 aromatic rings. The Morgan fingerprint density at radius 2 is 2.04 bits per heavy atom. The molecule has 0 aliphatic carbocycles. The van der Waals surface area contributed by atoms with E-state index in [1.165, 1.54) is 11.8 Å². The smallest absolute Gasteiger partial charge is 0.266 e. The molecule has 0 bridgehead atoms. The highest BCUT2D eigenvalue weighted by Gasteiger charge is 2.31. The molecule has 3 rings (SSSR count). The summed E-state index contributed by atoms with van der Waals surface area (Å²) >= 11 is 11.1. The number of amidine groups is 1. The lowest BCUT2D eigenvalue weighted by Gasteiger charge is -2.11. The highest BCUT2D eigenvalue weighted by atomic mass is 79.9. The molecule has 0 spiro atoms. The number of carbonyl (C=O) groups is 1. The second-order valence-corrected chi connectivity index (χ2v) is 8.26. The maximum atomic E-state index is 12.6. The van der Waals surface area contributed by atoms with Crippen LogP contribution in [0.3, 0.4) is 0 Å². The lowest BCUT2D eigenvalue weighted by molar-refractivity contribution is -0.122. The molecule has 1 aliphatic heterocycles. The van der Waals surface area contributed by atoms with Crippen molar-refractivity contribution in [2.24, 2.45) is 4.99 Å². The fourth-order valence-electron chi connectivity index (χ4n) is 2.69. The van der Waals surface area contributed by atoms with Crippen LogP contribution in [0.5, 0.6) is 5.75 Å². The molecule has 0 N–H and O–H groups in total. The van der Waals surface area contributed by atoms with Crippen molar-refractivity contribution in [2.45, 2.75) is 20.5 Å². The summed E-state index contributed by atoms with van der Waals surface area (Å²) in [5.41, 5.74) is 1.85. The van der Waals surface area contributed by atoms with Crippen LogP contribution >= 0.6 is 39.3 Å². The number of benzene rings is 2. The van der Waals surface area contributed by atoms with Gasteiger partial charge in [0.15, 0.2) is 5.17 Å². The van der Waals surface area contributed by atoms with Crippen molar-refractivity contribution in [2.75, 3.05) is 13.1 Å². The first kappa shape index (κ1) is 21.0. The molecule has 0 unspecified atom stereocenters. The van der Waals surface area contributed by atoms with Gasteiger partial charge in [-0.3, -0.25) is 14.7 Å². The molecular formula is C21H20BrClN2O2S. The molecule has 0 radical (unpaired) electrons. The number of likely N-dealkylation sites (N-methyl/N-ethyl adjacent to an activating group) is 1. The number of carbonyl (C=O) groups excluding carboxylic acids is 1. The Kier molecular flexibility index (Phi) is 7.21. The molecule has 1 saturated heterocycles. The van der Waals surface area contributed by atoms with Crippen LogP contribution in [-0.2, 0) is 11.4 Å². The number of hydrogen-bond acceptors (Lipinski definition) is 4. The van der Waals surface area contributed by atoms with E-state index in [2.05, 4.69) is 20.9 Å². The van der Waals surface area contributed by atoms with Gasteiger partial charge >= 0.3 is 0 Å². The van der Waals surface area contributed by atoms with E-state index in [-0.39, 0.29) is 5.91 Å². The minimum Gasteiger partial charge on any atom is -0.488 e. The quantitative estimate of drug-likeness (QED) is 0.478. The van der Waals surface area contributed by atoms with Crippen molar-refractivity contribution in [3.63, 3.8) is 0 Å². The Morgan fingerprint density at radius 3 is 2.71 bits per heavy atom. The summed E-state index contributed by atoms with van der Waals surface area (Å²) in [6, 6.07) is 13.4. The number of rotatable bonds is 6. The maximum absolute atomic E-state index is 12.6. The molecule has 7 heteroatoms. The Labute approximate surface area is 182 Å². The second kappa shape index (κ2) is 9.63. The minimum atomic E-state index is -0.00475. The van der Waals surface area contributed by atoms with Crippen LogP contribution in [0, 0.1) is 0 Å². The summed E-state index contributed by atoms with van der Waals surface area (Å²) < 4.78 is 6.70. The number of ether oxygens (including phenoxy) is 1. The van der Waals surface area contributed by atoms with Gasteiger partial charge in [0.1, 0.15) is 12.4 Å². The Balaban J connectivity index is 1.75. The van der Waals surface area contributed by atoms with Gasteiger partial charge in [-0.1, -0.05) is 35.9 Å². The van der Waals surface area contributed by atoms with Gasteiger partial charge in [0.05, 0.1) is 9.38 Å². The summed E-state index contributed by atoms with van der Waals surface area (Å²) in [5, 5.41) is 1.45. The van der Waals surface area contributed by atoms with Crippen LogP contribution in [-0.4, -0.2) is 29.1 Å². The first-order valence-corrected chi connectivity index (χ1v) is 10.9. The fourth-order valence-corrected chi connectivity index (χ4v) is 4.49. The van der Waals surface area contributed by atoms with E-state index in [0.29, 0.717) is 29.6 Å². The number of hydrogen-bond donors (Lipinski definition) is 0. The SMILES string of the molecule is CCN=C1S/C(=C/c2ccc(OCc3ccccc3Cl)c(Br)c2)C(=O)N1CC. The average Bonchev–Trinajstić information content (AvgIpc) is 2.97. The van der Waals surface area contributed by atoms with E-state index >= 15 is 0 Å². The average molecular weight is 480 g/mol. The van der Waals surface area contributed by atoms with Crippen LogP contribution in [0.1, 0.15) is 25.0 Å². The summed E-state index contributed by atoms with van der Waals surface area (Å²) in [7, 11) is 0. The van der Waals surface area contributed by atoms with E-state index in [4.69, 9.17) is 16.3 Å². The molecule has 4 nitrogen and oxygen atoms in total. The highest BCUT2D eigenvalue weighted by molar-refractivity contribution is 9.10. The van der Waals surface area contributed by atoms with E-state index in [0.717, 1.165) is 26.5 Å². The molecule has 1 fully saturated rings.